The fourth-order valence-electron chi connectivity index (χ4n) is 4.07. The van der Waals surface area contributed by atoms with Gasteiger partial charge < -0.3 is 10.2 Å². The molecule has 0 aliphatic heterocycles. The molecule has 2 heterocycles. The molecule has 0 atom stereocenters. The van der Waals surface area contributed by atoms with Crippen molar-refractivity contribution in [3.05, 3.63) is 77.7 Å². The molecule has 0 unspecified atom stereocenters. The summed E-state index contributed by atoms with van der Waals surface area (Å²) in [6.07, 6.45) is -7.29. The van der Waals surface area contributed by atoms with Gasteiger partial charge in [0.15, 0.2) is 0 Å². The van der Waals surface area contributed by atoms with Crippen molar-refractivity contribution in [3.8, 4) is 11.3 Å². The van der Waals surface area contributed by atoms with Gasteiger partial charge in [-0.05, 0) is 61.6 Å². The summed E-state index contributed by atoms with van der Waals surface area (Å²) in [6, 6.07) is 11.3. The maximum absolute atomic E-state index is 13.6. The van der Waals surface area contributed by atoms with Gasteiger partial charge in [-0.15, -0.1) is 0 Å². The average molecular weight is 534 g/mol. The van der Waals surface area contributed by atoms with Crippen LogP contribution in [0.15, 0.2) is 60.8 Å². The van der Waals surface area contributed by atoms with Crippen LogP contribution in [0.1, 0.15) is 30.8 Å². The van der Waals surface area contributed by atoms with Gasteiger partial charge in [-0.3, -0.25) is 4.98 Å². The number of hydrogen-bond donors (Lipinski definition) is 1. The Kier molecular flexibility index (Phi) is 7.86. The Labute approximate surface area is 215 Å². The lowest BCUT2D eigenvalue weighted by molar-refractivity contribution is -0.138. The van der Waals surface area contributed by atoms with Crippen LogP contribution in [0.3, 0.4) is 0 Å². The molecule has 2 aromatic carbocycles. The summed E-state index contributed by atoms with van der Waals surface area (Å²) in [5.41, 5.74) is -0.864. The molecule has 0 amide bonds. The van der Waals surface area contributed by atoms with Crippen molar-refractivity contribution in [2.24, 2.45) is 0 Å². The van der Waals surface area contributed by atoms with Crippen molar-refractivity contribution in [2.45, 2.75) is 32.6 Å². The molecular formula is C27H25F6N5. The first-order valence-corrected chi connectivity index (χ1v) is 12.0. The summed E-state index contributed by atoms with van der Waals surface area (Å²) in [5, 5.41) is 3.55. The third kappa shape index (κ3) is 6.21. The molecule has 2 aromatic heterocycles. The zero-order valence-electron chi connectivity index (χ0n) is 20.7. The minimum absolute atomic E-state index is 0.220. The highest BCUT2D eigenvalue weighted by Crippen LogP contribution is 2.37. The summed E-state index contributed by atoms with van der Waals surface area (Å²) < 4.78 is 79.8. The highest BCUT2D eigenvalue weighted by Gasteiger charge is 2.34. The number of hydrogen-bond acceptors (Lipinski definition) is 5. The van der Waals surface area contributed by atoms with Crippen LogP contribution in [-0.2, 0) is 18.8 Å². The van der Waals surface area contributed by atoms with Gasteiger partial charge in [-0.2, -0.15) is 26.3 Å². The molecular weight excluding hydrogens is 508 g/mol. The van der Waals surface area contributed by atoms with Gasteiger partial charge in [-0.25, -0.2) is 9.97 Å². The summed E-state index contributed by atoms with van der Waals surface area (Å²) in [6.45, 7) is 6.37. The van der Waals surface area contributed by atoms with E-state index >= 15 is 0 Å². The predicted molar refractivity (Wildman–Crippen MR) is 134 cm³/mol. The van der Waals surface area contributed by atoms with E-state index in [0.29, 0.717) is 41.2 Å². The minimum atomic E-state index is -4.59. The summed E-state index contributed by atoms with van der Waals surface area (Å²) >= 11 is 0. The number of anilines is 2. The molecule has 0 fully saturated rings. The monoisotopic (exact) mass is 533 g/mol. The molecule has 0 radical (unpaired) electrons. The zero-order valence-corrected chi connectivity index (χ0v) is 20.7. The predicted octanol–water partition coefficient (Wildman–Crippen LogP) is 7.36. The Hall–Kier alpha value is -3.73. The van der Waals surface area contributed by atoms with Gasteiger partial charge in [0.2, 0.25) is 0 Å². The van der Waals surface area contributed by atoms with E-state index in [9.17, 15) is 26.3 Å². The number of fused-ring (bicyclic) bond motifs is 1. The van der Waals surface area contributed by atoms with Crippen LogP contribution >= 0.6 is 0 Å². The molecule has 4 rings (SSSR count). The molecule has 0 spiro atoms. The van der Waals surface area contributed by atoms with Gasteiger partial charge in [0.05, 0.1) is 22.3 Å². The number of benzene rings is 2. The molecule has 5 nitrogen and oxygen atoms in total. The fourth-order valence-corrected chi connectivity index (χ4v) is 4.07. The van der Waals surface area contributed by atoms with Crippen molar-refractivity contribution >= 4 is 22.4 Å². The minimum Gasteiger partial charge on any atom is -0.340 e. The van der Waals surface area contributed by atoms with Gasteiger partial charge in [0.1, 0.15) is 11.6 Å². The normalized spacial score (nSPS) is 12.3. The fraction of sp³-hybridized carbons (Fsp3) is 0.296. The molecule has 0 saturated carbocycles. The van der Waals surface area contributed by atoms with E-state index in [4.69, 9.17) is 0 Å². The summed E-state index contributed by atoms with van der Waals surface area (Å²) in [5.74, 6) is 0.793. The molecule has 0 aliphatic rings. The molecule has 11 heteroatoms. The van der Waals surface area contributed by atoms with Gasteiger partial charge >= 0.3 is 12.4 Å². The second-order valence-corrected chi connectivity index (χ2v) is 8.59. The number of alkyl halides is 6. The van der Waals surface area contributed by atoms with Crippen LogP contribution in [-0.4, -0.2) is 39.5 Å². The number of likely N-dealkylation sites (N-methyl/N-ethyl adjacent to an activating group) is 1. The van der Waals surface area contributed by atoms with Crippen LogP contribution in [0, 0.1) is 0 Å². The number of halogens is 6. The first kappa shape index (κ1) is 27.3. The molecule has 4 aromatic rings. The maximum atomic E-state index is 13.6. The number of pyridine rings is 1. The van der Waals surface area contributed by atoms with Crippen LogP contribution in [0.2, 0.25) is 0 Å². The molecule has 0 aliphatic carbocycles. The van der Waals surface area contributed by atoms with Crippen molar-refractivity contribution in [2.75, 3.05) is 25.0 Å². The third-order valence-electron chi connectivity index (χ3n) is 6.15. The number of rotatable bonds is 8. The number of nitrogens with zero attached hydrogens (tertiary/aromatic N) is 4. The molecule has 200 valence electrons. The van der Waals surface area contributed by atoms with Crippen LogP contribution in [0.25, 0.3) is 22.2 Å². The quantitative estimate of drug-likeness (QED) is 0.240. The highest BCUT2D eigenvalue weighted by atomic mass is 19.4. The Balaban J connectivity index is 1.78. The highest BCUT2D eigenvalue weighted by molar-refractivity contribution is 5.93. The van der Waals surface area contributed by atoms with Crippen LogP contribution in [0.5, 0.6) is 0 Å². The lowest BCUT2D eigenvalue weighted by Crippen LogP contribution is -2.25. The molecule has 1 N–H and O–H groups in total. The Morgan fingerprint density at radius 1 is 0.842 bits per heavy atom. The maximum Gasteiger partial charge on any atom is 0.418 e. The SMILES string of the molecule is CCN(CC)CCc1nc(Nc2ccc(C(F)(F)F)cc2)c2ccc(-c3ncccc3C(F)(F)F)cc2n1. The number of aromatic nitrogens is 3. The summed E-state index contributed by atoms with van der Waals surface area (Å²) in [4.78, 5) is 15.4. The van der Waals surface area contributed by atoms with E-state index in [1.54, 1.807) is 6.07 Å². The van der Waals surface area contributed by atoms with Crippen LogP contribution < -0.4 is 5.32 Å². The van der Waals surface area contributed by atoms with Gasteiger partial charge in [0, 0.05) is 35.8 Å². The average Bonchev–Trinajstić information content (AvgIpc) is 2.88. The van der Waals surface area contributed by atoms with Gasteiger partial charge in [-0.1, -0.05) is 19.9 Å². The van der Waals surface area contributed by atoms with Crippen LogP contribution in [0.4, 0.5) is 37.8 Å². The topological polar surface area (TPSA) is 53.9 Å². The first-order valence-electron chi connectivity index (χ1n) is 12.0. The van der Waals surface area contributed by atoms with Gasteiger partial charge in [0.25, 0.3) is 0 Å². The van der Waals surface area contributed by atoms with Crippen molar-refractivity contribution < 1.29 is 26.3 Å². The second-order valence-electron chi connectivity index (χ2n) is 8.59. The number of nitrogens with one attached hydrogen (secondary N) is 1. The Bertz CT molecular complexity index is 1400. The van der Waals surface area contributed by atoms with Crippen molar-refractivity contribution in [1.29, 1.82) is 0 Å². The van der Waals surface area contributed by atoms with E-state index in [0.717, 1.165) is 31.3 Å². The molecule has 0 bridgehead atoms. The third-order valence-corrected chi connectivity index (χ3v) is 6.15. The molecule has 0 saturated heterocycles. The zero-order chi connectivity index (χ0) is 27.5. The van der Waals surface area contributed by atoms with E-state index in [-0.39, 0.29) is 11.3 Å². The second kappa shape index (κ2) is 10.9. The smallest absolute Gasteiger partial charge is 0.340 e. The lowest BCUT2D eigenvalue weighted by atomic mass is 10.0. The van der Waals surface area contributed by atoms with Crippen molar-refractivity contribution in [3.63, 3.8) is 0 Å². The largest absolute Gasteiger partial charge is 0.418 e. The van der Waals surface area contributed by atoms with Crippen molar-refractivity contribution in [1.82, 2.24) is 19.9 Å². The standard InChI is InChI=1S/C27H25F6N5/c1-3-38(4-2)15-13-23-36-22-16-17(24-21(27(31,32)33)6-5-14-34-24)7-12-20(22)25(37-23)35-19-10-8-18(9-11-19)26(28,29)30/h5-12,14,16H,3-4,13,15H2,1-2H3,(H,35,36,37). The Morgan fingerprint density at radius 3 is 2.18 bits per heavy atom. The van der Waals surface area contributed by atoms with E-state index in [1.807, 2.05) is 13.8 Å². The van der Waals surface area contributed by atoms with E-state index < -0.39 is 23.5 Å². The first-order chi connectivity index (χ1) is 18.0. The lowest BCUT2D eigenvalue weighted by Gasteiger charge is -2.18. The summed E-state index contributed by atoms with van der Waals surface area (Å²) in [7, 11) is 0. The molecule has 38 heavy (non-hydrogen) atoms. The Morgan fingerprint density at radius 2 is 1.55 bits per heavy atom. The van der Waals surface area contributed by atoms with E-state index in [1.165, 1.54) is 36.5 Å². The van der Waals surface area contributed by atoms with E-state index in [2.05, 4.69) is 25.2 Å².